The van der Waals surface area contributed by atoms with Crippen LogP contribution in [-0.4, -0.2) is 23.9 Å². The molecule has 0 spiro atoms. The monoisotopic (exact) mass is 334 g/mol. The predicted octanol–water partition coefficient (Wildman–Crippen LogP) is 1.13. The lowest BCUT2D eigenvalue weighted by Crippen LogP contribution is -3.00. The second kappa shape index (κ2) is 17.2. The van der Waals surface area contributed by atoms with Gasteiger partial charge >= 0.3 is 0 Å². The lowest BCUT2D eigenvalue weighted by Gasteiger charge is -2.19. The van der Waals surface area contributed by atoms with Crippen molar-refractivity contribution in [3.63, 3.8) is 0 Å². The molecule has 3 nitrogen and oxygen atoms in total. The van der Waals surface area contributed by atoms with E-state index in [0.717, 1.165) is 25.7 Å². The van der Waals surface area contributed by atoms with Gasteiger partial charge in [-0.3, -0.25) is 10.6 Å². The summed E-state index contributed by atoms with van der Waals surface area (Å²) >= 11 is 0. The number of hydrogen-bond donors (Lipinski definition) is 1. The largest absolute Gasteiger partial charge is 1.00 e. The fraction of sp³-hybridized carbons (Fsp3) is 0.944. The first-order valence-electron chi connectivity index (χ1n) is 9.19. The average Bonchev–Trinajstić information content (AvgIpc) is 2.45. The molecule has 134 valence electrons. The summed E-state index contributed by atoms with van der Waals surface area (Å²) in [5.41, 5.74) is 0. The highest BCUT2D eigenvalue weighted by Gasteiger charge is 2.22. The molecule has 4 heteroatoms. The number of unbranched alkanes of at least 4 members (excludes halogenated alkanes) is 9. The van der Waals surface area contributed by atoms with Crippen LogP contribution in [0.4, 0.5) is 0 Å². The minimum absolute atomic E-state index is 0. The lowest BCUT2D eigenvalue weighted by atomic mass is 9.99. The first kappa shape index (κ1) is 24.1. The normalized spacial score (nSPS) is 12.2. The van der Waals surface area contributed by atoms with Gasteiger partial charge in [-0.1, -0.05) is 78.1 Å². The van der Waals surface area contributed by atoms with Gasteiger partial charge in [0, 0.05) is 13.5 Å². The SMILES string of the molecule is CCCCCCCCC(C(=O)CCCCCCC)N(C)[NH3+].[Cl-]. The van der Waals surface area contributed by atoms with Crippen LogP contribution in [0.5, 0.6) is 0 Å². The average molecular weight is 335 g/mol. The minimum atomic E-state index is 0. The molecule has 3 N–H and O–H groups in total. The molecule has 0 saturated heterocycles. The standard InChI is InChI=1S/C18H38N2O.ClH/c1-4-6-8-10-12-13-15-17(20(3)19)18(21)16-14-11-9-7-5-2;/h17H,4-16,19H2,1-3H3;1H. The van der Waals surface area contributed by atoms with E-state index in [0.29, 0.717) is 5.78 Å². The number of Topliss-reactive ketones (excluding diaryl/α,β-unsaturated/α-hetero) is 1. The van der Waals surface area contributed by atoms with Crippen molar-refractivity contribution >= 4 is 5.78 Å². The van der Waals surface area contributed by atoms with Crippen LogP contribution in [0.1, 0.15) is 97.3 Å². The van der Waals surface area contributed by atoms with E-state index in [1.54, 1.807) is 0 Å². The summed E-state index contributed by atoms with van der Waals surface area (Å²) in [7, 11) is 1.94. The van der Waals surface area contributed by atoms with Gasteiger partial charge in [-0.15, -0.1) is 0 Å². The van der Waals surface area contributed by atoms with E-state index in [4.69, 9.17) is 0 Å². The van der Waals surface area contributed by atoms with E-state index in [1.807, 2.05) is 12.1 Å². The third kappa shape index (κ3) is 13.5. The van der Waals surface area contributed by atoms with E-state index in [2.05, 4.69) is 19.7 Å². The zero-order valence-corrected chi connectivity index (χ0v) is 16.0. The number of rotatable bonds is 15. The van der Waals surface area contributed by atoms with E-state index >= 15 is 0 Å². The Morgan fingerprint density at radius 1 is 0.864 bits per heavy atom. The van der Waals surface area contributed by atoms with Crippen LogP contribution in [0, 0.1) is 0 Å². The van der Waals surface area contributed by atoms with Crippen molar-refractivity contribution in [3.8, 4) is 0 Å². The molecule has 0 aliphatic heterocycles. The van der Waals surface area contributed by atoms with Gasteiger partial charge in [0.05, 0.1) is 0 Å². The molecule has 0 rings (SSSR count). The number of ketones is 1. The van der Waals surface area contributed by atoms with Crippen molar-refractivity contribution in [2.75, 3.05) is 7.05 Å². The van der Waals surface area contributed by atoms with Gasteiger partial charge in [0.15, 0.2) is 5.78 Å². The number of halogens is 1. The number of quaternary nitrogens is 1. The van der Waals surface area contributed by atoms with Crippen LogP contribution in [0.3, 0.4) is 0 Å². The second-order valence-corrected chi connectivity index (χ2v) is 6.46. The van der Waals surface area contributed by atoms with Gasteiger partial charge in [0.25, 0.3) is 0 Å². The smallest absolute Gasteiger partial charge is 0.155 e. The Labute approximate surface area is 144 Å². The van der Waals surface area contributed by atoms with Crippen LogP contribution < -0.4 is 18.2 Å². The maximum atomic E-state index is 12.3. The summed E-state index contributed by atoms with van der Waals surface area (Å²) in [6, 6.07) is 0.0438. The van der Waals surface area contributed by atoms with Crippen LogP contribution in [0.25, 0.3) is 0 Å². The molecule has 0 aromatic heterocycles. The highest BCUT2D eigenvalue weighted by atomic mass is 35.5. The molecule has 0 amide bonds. The molecule has 0 aromatic carbocycles. The topological polar surface area (TPSA) is 48.0 Å². The fourth-order valence-corrected chi connectivity index (χ4v) is 2.81. The molecule has 0 aliphatic rings. The van der Waals surface area contributed by atoms with Gasteiger partial charge < -0.3 is 12.4 Å². The van der Waals surface area contributed by atoms with Gasteiger partial charge in [-0.25, -0.2) is 0 Å². The molecule has 0 bridgehead atoms. The molecule has 1 atom stereocenters. The summed E-state index contributed by atoms with van der Waals surface area (Å²) in [6.07, 6.45) is 15.5. The molecular formula is C18H39ClN2O. The predicted molar refractivity (Wildman–Crippen MR) is 90.8 cm³/mol. The van der Waals surface area contributed by atoms with Crippen molar-refractivity contribution in [2.45, 2.75) is 103 Å². The Bertz CT molecular complexity index is 247. The summed E-state index contributed by atoms with van der Waals surface area (Å²) in [6.45, 7) is 4.46. The van der Waals surface area contributed by atoms with Crippen molar-refractivity contribution < 1.29 is 23.0 Å². The Balaban J connectivity index is 0. The van der Waals surface area contributed by atoms with E-state index in [-0.39, 0.29) is 18.4 Å². The van der Waals surface area contributed by atoms with E-state index in [1.165, 1.54) is 57.8 Å². The van der Waals surface area contributed by atoms with Gasteiger partial charge in [-0.2, -0.15) is 5.01 Å². The second-order valence-electron chi connectivity index (χ2n) is 6.46. The van der Waals surface area contributed by atoms with Crippen molar-refractivity contribution in [3.05, 3.63) is 0 Å². The molecule has 1 unspecified atom stereocenters. The highest BCUT2D eigenvalue weighted by Crippen LogP contribution is 2.13. The lowest BCUT2D eigenvalue weighted by molar-refractivity contribution is -0.573. The maximum Gasteiger partial charge on any atom is 0.155 e. The number of carbonyl (C=O) groups excluding carboxylic acids is 1. The molecule has 0 heterocycles. The zero-order chi connectivity index (χ0) is 15.9. The molecular weight excluding hydrogens is 296 g/mol. The summed E-state index contributed by atoms with van der Waals surface area (Å²) in [4.78, 5) is 12.3. The summed E-state index contributed by atoms with van der Waals surface area (Å²) in [5.74, 6) is 4.36. The highest BCUT2D eigenvalue weighted by molar-refractivity contribution is 5.83. The van der Waals surface area contributed by atoms with Gasteiger partial charge in [0.2, 0.25) is 0 Å². The van der Waals surface area contributed by atoms with Crippen LogP contribution >= 0.6 is 0 Å². The van der Waals surface area contributed by atoms with Crippen molar-refractivity contribution in [2.24, 2.45) is 0 Å². The van der Waals surface area contributed by atoms with Gasteiger partial charge in [0.1, 0.15) is 6.04 Å². The molecule has 0 aliphatic carbocycles. The maximum absolute atomic E-state index is 12.3. The van der Waals surface area contributed by atoms with E-state index in [9.17, 15) is 4.79 Å². The number of nitrogens with zero attached hydrogens (tertiary/aromatic N) is 1. The Morgan fingerprint density at radius 3 is 1.82 bits per heavy atom. The first-order chi connectivity index (χ1) is 10.1. The van der Waals surface area contributed by atoms with Crippen LogP contribution in [0.15, 0.2) is 0 Å². The third-order valence-corrected chi connectivity index (χ3v) is 4.26. The Hall–Kier alpha value is -0.120. The summed E-state index contributed by atoms with van der Waals surface area (Å²) in [5, 5.41) is 1.88. The van der Waals surface area contributed by atoms with Crippen LogP contribution in [-0.2, 0) is 4.79 Å². The molecule has 22 heavy (non-hydrogen) atoms. The van der Waals surface area contributed by atoms with Crippen LogP contribution in [0.2, 0.25) is 0 Å². The first-order valence-corrected chi connectivity index (χ1v) is 9.19. The van der Waals surface area contributed by atoms with Crippen molar-refractivity contribution in [1.82, 2.24) is 5.01 Å². The fourth-order valence-electron chi connectivity index (χ4n) is 2.81. The minimum Gasteiger partial charge on any atom is -1.00 e. The number of likely N-dealkylation sites (N-methyl/N-ethyl adjacent to an activating group) is 1. The Morgan fingerprint density at radius 2 is 1.32 bits per heavy atom. The number of hydrogen-bond acceptors (Lipinski definition) is 2. The zero-order valence-electron chi connectivity index (χ0n) is 15.2. The quantitative estimate of drug-likeness (QED) is 0.360. The molecule has 0 radical (unpaired) electrons. The molecule has 0 aromatic rings. The van der Waals surface area contributed by atoms with Gasteiger partial charge in [-0.05, 0) is 12.8 Å². The molecule has 0 saturated carbocycles. The van der Waals surface area contributed by atoms with Crippen molar-refractivity contribution in [1.29, 1.82) is 0 Å². The summed E-state index contributed by atoms with van der Waals surface area (Å²) < 4.78 is 0. The third-order valence-electron chi connectivity index (χ3n) is 4.26. The number of carbonyl (C=O) groups is 1. The molecule has 0 fully saturated rings. The van der Waals surface area contributed by atoms with E-state index < -0.39 is 0 Å². The Kier molecular flexibility index (Phi) is 18.9.